The highest BCUT2D eigenvalue weighted by molar-refractivity contribution is 5.96. The van der Waals surface area contributed by atoms with E-state index in [1.54, 1.807) is 6.20 Å². The maximum atomic E-state index is 11.5. The molecule has 3 rings (SSSR count). The number of hydrogen-bond acceptors (Lipinski definition) is 3. The van der Waals surface area contributed by atoms with Gasteiger partial charge in [0.2, 0.25) is 5.91 Å². The minimum absolute atomic E-state index is 0.102. The van der Waals surface area contributed by atoms with E-state index >= 15 is 0 Å². The Morgan fingerprint density at radius 2 is 2.43 bits per heavy atom. The number of amides is 1. The van der Waals surface area contributed by atoms with Crippen LogP contribution in [-0.2, 0) is 4.79 Å². The summed E-state index contributed by atoms with van der Waals surface area (Å²) in [4.78, 5) is 15.7. The van der Waals surface area contributed by atoms with E-state index < -0.39 is 0 Å². The molecular weight excluding hydrogens is 178 g/mol. The number of nitrogens with one attached hydrogen (secondary N) is 1. The smallest absolute Gasteiger partial charge is 0.242 e. The first-order valence-corrected chi connectivity index (χ1v) is 4.79. The average Bonchev–Trinajstić information content (AvgIpc) is 2.96. The molecular formula is C10H11N3O. The summed E-state index contributed by atoms with van der Waals surface area (Å²) in [7, 11) is 0. The van der Waals surface area contributed by atoms with Crippen LogP contribution in [0.5, 0.6) is 0 Å². The monoisotopic (exact) mass is 189 g/mol. The van der Waals surface area contributed by atoms with E-state index in [0.29, 0.717) is 17.7 Å². The van der Waals surface area contributed by atoms with Crippen LogP contribution < -0.4 is 11.1 Å². The number of carbonyl (C=O) groups excluding carboxylic acids is 1. The predicted octanol–water partition coefficient (Wildman–Crippen LogP) is 0.464. The summed E-state index contributed by atoms with van der Waals surface area (Å²) in [5.41, 5.74) is 6.94. The largest absolute Gasteiger partial charge is 0.320 e. The summed E-state index contributed by atoms with van der Waals surface area (Å²) >= 11 is 0. The van der Waals surface area contributed by atoms with Gasteiger partial charge in [0.05, 0.1) is 6.04 Å². The summed E-state index contributed by atoms with van der Waals surface area (Å²) < 4.78 is 0. The van der Waals surface area contributed by atoms with Crippen molar-refractivity contribution in [2.75, 3.05) is 5.32 Å². The van der Waals surface area contributed by atoms with Gasteiger partial charge >= 0.3 is 0 Å². The summed E-state index contributed by atoms with van der Waals surface area (Å²) in [5, 5.41) is 2.76. The van der Waals surface area contributed by atoms with Crippen molar-refractivity contribution in [3.63, 3.8) is 0 Å². The van der Waals surface area contributed by atoms with Crippen LogP contribution in [0.4, 0.5) is 5.82 Å². The summed E-state index contributed by atoms with van der Waals surface area (Å²) in [5.74, 6) is 1.35. The maximum Gasteiger partial charge on any atom is 0.242 e. The van der Waals surface area contributed by atoms with Gasteiger partial charge in [0.25, 0.3) is 0 Å². The molecule has 1 unspecified atom stereocenters. The Hall–Kier alpha value is -1.42. The lowest BCUT2D eigenvalue weighted by Crippen LogP contribution is -2.36. The summed E-state index contributed by atoms with van der Waals surface area (Å²) in [6.07, 6.45) is 2.71. The molecule has 0 radical (unpaired) electrons. The second-order valence-electron chi connectivity index (χ2n) is 3.96. The Balaban J connectivity index is 2.09. The third-order valence-corrected chi connectivity index (χ3v) is 3.08. The number of aromatic nitrogens is 1. The predicted molar refractivity (Wildman–Crippen MR) is 51.7 cm³/mol. The van der Waals surface area contributed by atoms with Crippen LogP contribution in [0.2, 0.25) is 0 Å². The minimum atomic E-state index is -0.366. The third kappa shape index (κ3) is 0.974. The van der Waals surface area contributed by atoms with E-state index in [4.69, 9.17) is 5.73 Å². The van der Waals surface area contributed by atoms with Crippen LogP contribution in [0.25, 0.3) is 0 Å². The van der Waals surface area contributed by atoms with Gasteiger partial charge in [-0.15, -0.1) is 0 Å². The number of fused-ring (bicyclic) bond motifs is 3. The normalized spacial score (nSPS) is 33.8. The number of hydrogen-bond donors (Lipinski definition) is 2. The fraction of sp³-hybridized carbons (Fsp3) is 0.400. The van der Waals surface area contributed by atoms with Gasteiger partial charge in [0.1, 0.15) is 5.82 Å². The van der Waals surface area contributed by atoms with Gasteiger partial charge in [-0.25, -0.2) is 4.98 Å². The molecule has 2 aliphatic rings. The van der Waals surface area contributed by atoms with E-state index in [0.717, 1.165) is 12.0 Å². The van der Waals surface area contributed by atoms with Crippen molar-refractivity contribution in [2.45, 2.75) is 18.4 Å². The van der Waals surface area contributed by atoms with Gasteiger partial charge in [-0.05, 0) is 29.9 Å². The van der Waals surface area contributed by atoms with Crippen molar-refractivity contribution in [1.29, 1.82) is 0 Å². The average molecular weight is 189 g/mol. The van der Waals surface area contributed by atoms with Crippen molar-refractivity contribution < 1.29 is 4.79 Å². The molecule has 4 heteroatoms. The Bertz CT molecular complexity index is 404. The molecule has 0 saturated heterocycles. The second-order valence-corrected chi connectivity index (χ2v) is 3.96. The number of nitrogens with two attached hydrogens (primary N) is 1. The third-order valence-electron chi connectivity index (χ3n) is 3.08. The second kappa shape index (κ2) is 2.54. The SMILES string of the molecule is N[C@@H]1C(=O)Nc2ncccc2C2C[C@@H]21. The molecule has 1 saturated carbocycles. The van der Waals surface area contributed by atoms with Crippen LogP contribution in [-0.4, -0.2) is 16.9 Å². The molecule has 1 fully saturated rings. The Labute approximate surface area is 81.5 Å². The highest BCUT2D eigenvalue weighted by Gasteiger charge is 2.48. The van der Waals surface area contributed by atoms with Crippen LogP contribution in [0, 0.1) is 5.92 Å². The van der Waals surface area contributed by atoms with Gasteiger partial charge in [-0.2, -0.15) is 0 Å². The van der Waals surface area contributed by atoms with Crippen LogP contribution in [0.1, 0.15) is 17.9 Å². The van der Waals surface area contributed by atoms with Gasteiger partial charge in [0.15, 0.2) is 0 Å². The van der Waals surface area contributed by atoms with Crippen LogP contribution in [0.3, 0.4) is 0 Å². The first kappa shape index (κ1) is 7.94. The number of nitrogens with zero attached hydrogens (tertiary/aromatic N) is 1. The van der Waals surface area contributed by atoms with E-state index in [2.05, 4.69) is 10.3 Å². The quantitative estimate of drug-likeness (QED) is 0.623. The van der Waals surface area contributed by atoms with E-state index in [1.807, 2.05) is 12.1 Å². The van der Waals surface area contributed by atoms with Crippen LogP contribution in [0.15, 0.2) is 18.3 Å². The fourth-order valence-corrected chi connectivity index (χ4v) is 2.18. The zero-order chi connectivity index (χ0) is 9.71. The molecule has 1 aliphatic heterocycles. The van der Waals surface area contributed by atoms with Crippen LogP contribution >= 0.6 is 0 Å². The Kier molecular flexibility index (Phi) is 1.44. The minimum Gasteiger partial charge on any atom is -0.320 e. The molecule has 0 bridgehead atoms. The molecule has 3 N–H and O–H groups in total. The number of pyridine rings is 1. The fourth-order valence-electron chi connectivity index (χ4n) is 2.18. The molecule has 3 atom stereocenters. The molecule has 4 nitrogen and oxygen atoms in total. The van der Waals surface area contributed by atoms with Crippen molar-refractivity contribution in [3.05, 3.63) is 23.9 Å². The maximum absolute atomic E-state index is 11.5. The number of rotatable bonds is 0. The first-order chi connectivity index (χ1) is 6.77. The summed E-state index contributed by atoms with van der Waals surface area (Å²) in [6, 6.07) is 3.55. The standard InChI is InChI=1S/C10H11N3O/c11-8-7-4-6(7)5-2-1-3-12-9(5)13-10(8)14/h1-3,6-8H,4,11H2,(H,12,13,14)/t6?,7-,8-/m0/s1. The van der Waals surface area contributed by atoms with Crippen molar-refractivity contribution in [3.8, 4) is 0 Å². The molecule has 1 aromatic rings. The summed E-state index contributed by atoms with van der Waals surface area (Å²) in [6.45, 7) is 0. The molecule has 14 heavy (non-hydrogen) atoms. The zero-order valence-corrected chi connectivity index (χ0v) is 7.60. The lowest BCUT2D eigenvalue weighted by molar-refractivity contribution is -0.117. The Morgan fingerprint density at radius 1 is 1.57 bits per heavy atom. The van der Waals surface area contributed by atoms with Gasteiger partial charge in [0, 0.05) is 6.20 Å². The van der Waals surface area contributed by atoms with Gasteiger partial charge < -0.3 is 11.1 Å². The molecule has 72 valence electrons. The molecule has 1 amide bonds. The van der Waals surface area contributed by atoms with Crippen molar-refractivity contribution in [2.24, 2.45) is 11.7 Å². The first-order valence-electron chi connectivity index (χ1n) is 4.79. The highest BCUT2D eigenvalue weighted by atomic mass is 16.2. The van der Waals surface area contributed by atoms with E-state index in [-0.39, 0.29) is 11.9 Å². The zero-order valence-electron chi connectivity index (χ0n) is 7.60. The highest BCUT2D eigenvalue weighted by Crippen LogP contribution is 2.52. The van der Waals surface area contributed by atoms with E-state index in [9.17, 15) is 4.79 Å². The molecule has 1 aromatic heterocycles. The molecule has 0 spiro atoms. The van der Waals surface area contributed by atoms with Gasteiger partial charge in [-0.1, -0.05) is 6.07 Å². The molecule has 0 aromatic carbocycles. The Morgan fingerprint density at radius 3 is 3.29 bits per heavy atom. The lowest BCUT2D eigenvalue weighted by atomic mass is 10.1. The van der Waals surface area contributed by atoms with E-state index in [1.165, 1.54) is 0 Å². The van der Waals surface area contributed by atoms with Crippen molar-refractivity contribution in [1.82, 2.24) is 4.98 Å². The lowest BCUT2D eigenvalue weighted by Gasteiger charge is -2.08. The van der Waals surface area contributed by atoms with Gasteiger partial charge in [-0.3, -0.25) is 4.79 Å². The topological polar surface area (TPSA) is 68.0 Å². The van der Waals surface area contributed by atoms with Crippen molar-refractivity contribution >= 4 is 11.7 Å². The molecule has 1 aliphatic carbocycles. The number of carbonyl (C=O) groups is 1. The number of anilines is 1. The molecule has 2 heterocycles.